The molecule has 1 saturated heterocycles. The number of hydrogen-bond donors (Lipinski definition) is 0. The minimum Gasteiger partial charge on any atom is -0.271 e. The summed E-state index contributed by atoms with van der Waals surface area (Å²) in [5, 5.41) is -1.08. The number of amidine groups is 2. The van der Waals surface area contributed by atoms with Gasteiger partial charge in [0.1, 0.15) is 0 Å². The Morgan fingerprint density at radius 1 is 0.714 bits per heavy atom. The molecule has 0 aromatic heterocycles. The number of hydrogen-bond acceptors (Lipinski definition) is 4. The van der Waals surface area contributed by atoms with Gasteiger partial charge in [-0.05, 0) is 36.0 Å². The summed E-state index contributed by atoms with van der Waals surface area (Å²) in [5.74, 6) is -0.990. The average Bonchev–Trinajstić information content (AvgIpc) is 2.90. The van der Waals surface area contributed by atoms with Crippen LogP contribution in [-0.4, -0.2) is 28.6 Å². The maximum Gasteiger partial charge on any atom is 0.505 e. The van der Waals surface area contributed by atoms with E-state index >= 15 is 0 Å². The third-order valence-corrected chi connectivity index (χ3v) is 4.16. The first-order valence-corrected chi connectivity index (χ1v) is 8.44. The Hall–Kier alpha value is -2.82. The smallest absolute Gasteiger partial charge is 0.271 e. The van der Waals surface area contributed by atoms with Crippen LogP contribution in [0.25, 0.3) is 0 Å². The van der Waals surface area contributed by atoms with Crippen molar-refractivity contribution in [1.29, 1.82) is 0 Å². The van der Waals surface area contributed by atoms with E-state index in [1.165, 1.54) is 24.3 Å². The first-order valence-electron chi connectivity index (χ1n) is 7.63. The second kappa shape index (κ2) is 7.66. The molecule has 0 spiro atoms. The Bertz CT molecular complexity index is 920. The summed E-state index contributed by atoms with van der Waals surface area (Å²) in [5.41, 5.74) is 0.519. The van der Waals surface area contributed by atoms with E-state index in [4.69, 9.17) is 0 Å². The van der Waals surface area contributed by atoms with Crippen LogP contribution in [0.5, 0.6) is 0 Å². The van der Waals surface area contributed by atoms with Crippen molar-refractivity contribution in [2.24, 2.45) is 15.0 Å². The van der Waals surface area contributed by atoms with E-state index in [-0.39, 0.29) is 10.9 Å². The normalized spacial score (nSPS) is 19.8. The molecule has 1 fully saturated rings. The molecule has 1 aliphatic rings. The molecule has 146 valence electrons. The highest BCUT2D eigenvalue weighted by Gasteiger charge is 2.41. The summed E-state index contributed by atoms with van der Waals surface area (Å²) in [6.45, 7) is 0. The highest BCUT2D eigenvalue weighted by Crippen LogP contribution is 2.35. The Morgan fingerprint density at radius 2 is 1.25 bits per heavy atom. The molecule has 2 aromatic rings. The van der Waals surface area contributed by atoms with Gasteiger partial charge < -0.3 is 0 Å². The van der Waals surface area contributed by atoms with Crippen molar-refractivity contribution in [3.63, 3.8) is 0 Å². The monoisotopic (exact) mass is 416 g/mol. The number of anilines is 1. The molecule has 4 nitrogen and oxygen atoms in total. The number of aliphatic imine (C=N–C) groups is 3. The number of para-hydroxylation sites is 2. The molecule has 0 radical (unpaired) electrons. The standard InChI is InChI=1S/C17H10F6N4S/c18-16(19,20)25-13-14(26-17(21,22)23)28-15(24-11-7-3-1-4-8-11)27(13)12-9-5-2-6-10-12/h1-10H/b24-15?,25-13-,26-14+. The first kappa shape index (κ1) is 19.9. The van der Waals surface area contributed by atoms with Crippen LogP contribution >= 0.6 is 11.8 Å². The van der Waals surface area contributed by atoms with Crippen LogP contribution in [0.4, 0.5) is 37.7 Å². The Morgan fingerprint density at radius 3 is 1.79 bits per heavy atom. The molecule has 0 unspecified atom stereocenters. The molecule has 3 rings (SSSR count). The van der Waals surface area contributed by atoms with Crippen molar-refractivity contribution in [3.8, 4) is 0 Å². The second-order valence-electron chi connectivity index (χ2n) is 5.29. The zero-order valence-corrected chi connectivity index (χ0v) is 14.6. The fraction of sp³-hybridized carbons (Fsp3) is 0.118. The molecule has 2 aromatic carbocycles. The third kappa shape index (κ3) is 5.12. The zero-order valence-electron chi connectivity index (χ0n) is 13.7. The third-order valence-electron chi connectivity index (χ3n) is 3.24. The van der Waals surface area contributed by atoms with Crippen LogP contribution in [0.15, 0.2) is 75.6 Å². The number of nitrogens with zero attached hydrogens (tertiary/aromatic N) is 4. The van der Waals surface area contributed by atoms with Gasteiger partial charge >= 0.3 is 12.6 Å². The molecule has 0 aliphatic carbocycles. The van der Waals surface area contributed by atoms with Gasteiger partial charge in [-0.2, -0.15) is 9.98 Å². The lowest BCUT2D eigenvalue weighted by molar-refractivity contribution is -0.121. The summed E-state index contributed by atoms with van der Waals surface area (Å²) in [7, 11) is 0. The van der Waals surface area contributed by atoms with Gasteiger partial charge in [0.25, 0.3) is 0 Å². The van der Waals surface area contributed by atoms with E-state index in [1.807, 2.05) is 0 Å². The molecular weight excluding hydrogens is 406 g/mol. The predicted octanol–water partition coefficient (Wildman–Crippen LogP) is 5.76. The van der Waals surface area contributed by atoms with Crippen LogP contribution in [0.1, 0.15) is 0 Å². The number of halogens is 6. The summed E-state index contributed by atoms with van der Waals surface area (Å²) in [6, 6.07) is 15.7. The Labute approximate surface area is 159 Å². The molecule has 0 bridgehead atoms. The van der Waals surface area contributed by atoms with Gasteiger partial charge in [-0.1, -0.05) is 36.4 Å². The van der Waals surface area contributed by atoms with E-state index in [0.29, 0.717) is 17.4 Å². The van der Waals surface area contributed by atoms with Gasteiger partial charge in [-0.15, -0.1) is 26.3 Å². The largest absolute Gasteiger partial charge is 0.505 e. The van der Waals surface area contributed by atoms with Crippen molar-refractivity contribution < 1.29 is 26.3 Å². The van der Waals surface area contributed by atoms with Gasteiger partial charge in [-0.25, -0.2) is 4.99 Å². The lowest BCUT2D eigenvalue weighted by atomic mass is 10.3. The van der Waals surface area contributed by atoms with Crippen molar-refractivity contribution >= 4 is 39.2 Å². The summed E-state index contributed by atoms with van der Waals surface area (Å²) < 4.78 is 77.3. The number of rotatable bonds is 2. The van der Waals surface area contributed by atoms with Gasteiger partial charge in [-0.3, -0.25) is 4.90 Å². The molecule has 0 amide bonds. The molecule has 1 heterocycles. The predicted molar refractivity (Wildman–Crippen MR) is 97.0 cm³/mol. The molecule has 0 N–H and O–H groups in total. The summed E-state index contributed by atoms with van der Waals surface area (Å²) in [6.07, 6.45) is -10.2. The number of thioether (sulfide) groups is 1. The van der Waals surface area contributed by atoms with Crippen LogP contribution < -0.4 is 4.90 Å². The zero-order chi connectivity index (χ0) is 20.4. The molecule has 0 atom stereocenters. The van der Waals surface area contributed by atoms with Crippen LogP contribution in [0.3, 0.4) is 0 Å². The van der Waals surface area contributed by atoms with Crippen molar-refractivity contribution in [2.75, 3.05) is 4.90 Å². The second-order valence-corrected chi connectivity index (χ2v) is 6.25. The maximum atomic E-state index is 13.0. The highest BCUT2D eigenvalue weighted by atomic mass is 32.2. The fourth-order valence-electron chi connectivity index (χ4n) is 2.27. The van der Waals surface area contributed by atoms with Crippen molar-refractivity contribution in [1.82, 2.24) is 0 Å². The molecule has 11 heteroatoms. The maximum absolute atomic E-state index is 13.0. The average molecular weight is 416 g/mol. The quantitative estimate of drug-likeness (QED) is 0.461. The van der Waals surface area contributed by atoms with E-state index in [0.717, 1.165) is 4.90 Å². The molecule has 1 aliphatic heterocycles. The van der Waals surface area contributed by atoms with Crippen LogP contribution in [0.2, 0.25) is 0 Å². The lowest BCUT2D eigenvalue weighted by Gasteiger charge is -2.19. The minimum atomic E-state index is -5.10. The Balaban J connectivity index is 2.20. The first-order chi connectivity index (χ1) is 13.1. The number of alkyl halides is 6. The molecule has 0 saturated carbocycles. The van der Waals surface area contributed by atoms with Crippen LogP contribution in [-0.2, 0) is 0 Å². The van der Waals surface area contributed by atoms with E-state index in [9.17, 15) is 26.3 Å². The molecular formula is C17H10F6N4S. The van der Waals surface area contributed by atoms with E-state index in [2.05, 4.69) is 15.0 Å². The summed E-state index contributed by atoms with van der Waals surface area (Å²) in [4.78, 5) is 10.1. The topological polar surface area (TPSA) is 40.3 Å². The SMILES string of the molecule is FC(F)(F)/N=C1/C(=N\C(F)(F)F)SC(=Nc2ccccc2)N1c1ccccc1. The van der Waals surface area contributed by atoms with E-state index in [1.54, 1.807) is 36.4 Å². The van der Waals surface area contributed by atoms with Gasteiger partial charge in [0.05, 0.1) is 5.69 Å². The molecule has 28 heavy (non-hydrogen) atoms. The minimum absolute atomic E-state index is 0.136. The lowest BCUT2D eigenvalue weighted by Crippen LogP contribution is -2.33. The fourth-order valence-corrected chi connectivity index (χ4v) is 3.25. The Kier molecular flexibility index (Phi) is 5.45. The van der Waals surface area contributed by atoms with Gasteiger partial charge in [0.2, 0.25) is 0 Å². The summed E-state index contributed by atoms with van der Waals surface area (Å²) >= 11 is 0.359. The van der Waals surface area contributed by atoms with Crippen molar-refractivity contribution in [2.45, 2.75) is 12.6 Å². The van der Waals surface area contributed by atoms with Gasteiger partial charge in [0.15, 0.2) is 16.0 Å². The van der Waals surface area contributed by atoms with E-state index < -0.39 is 23.5 Å². The van der Waals surface area contributed by atoms with Crippen molar-refractivity contribution in [3.05, 3.63) is 60.7 Å². The van der Waals surface area contributed by atoms with Gasteiger partial charge in [0, 0.05) is 5.69 Å². The number of benzene rings is 2. The highest BCUT2D eigenvalue weighted by molar-refractivity contribution is 8.29. The van der Waals surface area contributed by atoms with Crippen LogP contribution in [0, 0.1) is 0 Å².